The third kappa shape index (κ3) is 12.2. The molecule has 1 fully saturated rings. The summed E-state index contributed by atoms with van der Waals surface area (Å²) in [6.45, 7) is 33.9. The smallest absolute Gasteiger partial charge is 0.311 e. The summed E-state index contributed by atoms with van der Waals surface area (Å²) in [5.74, 6) is -0.240. The highest BCUT2D eigenvalue weighted by atomic mass is 28.4. The lowest BCUT2D eigenvalue weighted by Gasteiger charge is -2.52. The predicted molar refractivity (Wildman–Crippen MR) is 199 cm³/mol. The van der Waals surface area contributed by atoms with Crippen LogP contribution in [0, 0.1) is 5.41 Å². The first-order chi connectivity index (χ1) is 20.9. The molecule has 0 spiro atoms. The summed E-state index contributed by atoms with van der Waals surface area (Å²) in [5.41, 5.74) is -0.613. The van der Waals surface area contributed by atoms with Crippen LogP contribution in [0.15, 0.2) is 0 Å². The summed E-state index contributed by atoms with van der Waals surface area (Å²) in [4.78, 5) is 13.1. The van der Waals surface area contributed by atoms with E-state index in [2.05, 4.69) is 82.0 Å². The highest BCUT2D eigenvalue weighted by molar-refractivity contribution is 6.76. The van der Waals surface area contributed by atoms with Crippen molar-refractivity contribution in [3.63, 3.8) is 0 Å². The Hall–Kier alpha value is 0.138. The van der Waals surface area contributed by atoms with Crippen LogP contribution in [-0.4, -0.2) is 82.9 Å². The number of hydrogen-bond acceptors (Lipinski definition) is 7. The Balaban J connectivity index is 3.92. The summed E-state index contributed by atoms with van der Waals surface area (Å²) in [6.07, 6.45) is -2.27. The molecule has 0 aromatic heterocycles. The van der Waals surface area contributed by atoms with Crippen molar-refractivity contribution in [2.75, 3.05) is 13.2 Å². The van der Waals surface area contributed by atoms with Crippen LogP contribution in [0.25, 0.3) is 0 Å². The second-order valence-corrected chi connectivity index (χ2v) is 35.3. The zero-order valence-electron chi connectivity index (χ0n) is 32.2. The second-order valence-electron chi connectivity index (χ2n) is 15.6. The van der Waals surface area contributed by atoms with Gasteiger partial charge in [0.2, 0.25) is 0 Å². The lowest BCUT2D eigenvalue weighted by Crippen LogP contribution is -2.67. The molecule has 1 aliphatic rings. The third-order valence-corrected chi connectivity index (χ3v) is 26.3. The molecule has 0 aromatic rings. The highest BCUT2D eigenvalue weighted by Crippen LogP contribution is 2.40. The second kappa shape index (κ2) is 18.8. The minimum absolute atomic E-state index is 0.111. The van der Waals surface area contributed by atoms with E-state index < -0.39 is 63.0 Å². The van der Waals surface area contributed by atoms with Crippen molar-refractivity contribution in [1.82, 2.24) is 0 Å². The molecule has 1 saturated heterocycles. The molecular weight excluding hydrogens is 633 g/mol. The van der Waals surface area contributed by atoms with Gasteiger partial charge in [-0.15, -0.1) is 0 Å². The van der Waals surface area contributed by atoms with Gasteiger partial charge in [0.1, 0.15) is 31.0 Å². The highest BCUT2D eigenvalue weighted by Gasteiger charge is 2.55. The third-order valence-electron chi connectivity index (χ3n) is 10.7. The van der Waals surface area contributed by atoms with Crippen LogP contribution in [0.1, 0.15) is 83.1 Å². The molecule has 11 heteroatoms. The molecule has 0 N–H and O–H groups in total. The molecule has 0 aromatic carbocycles. The number of esters is 1. The number of carbonyl (C=O) groups is 1. The Morgan fingerprint density at radius 1 is 0.622 bits per heavy atom. The Labute approximate surface area is 283 Å². The largest absolute Gasteiger partial charge is 0.462 e. The summed E-state index contributed by atoms with van der Waals surface area (Å²) in [5, 5.41) is 0. The van der Waals surface area contributed by atoms with Crippen LogP contribution in [-0.2, 0) is 32.3 Å². The van der Waals surface area contributed by atoms with Crippen molar-refractivity contribution in [2.45, 2.75) is 194 Å². The van der Waals surface area contributed by atoms with Crippen LogP contribution >= 0.6 is 0 Å². The number of rotatable bonds is 21. The quantitative estimate of drug-likeness (QED) is 0.0869. The van der Waals surface area contributed by atoms with E-state index in [1.807, 2.05) is 20.8 Å². The first kappa shape index (κ1) is 43.2. The van der Waals surface area contributed by atoms with E-state index in [4.69, 9.17) is 27.5 Å². The van der Waals surface area contributed by atoms with E-state index in [1.165, 1.54) is 0 Å². The normalized spacial score (nSPS) is 23.8. The average Bonchev–Trinajstić information content (AvgIpc) is 3.01. The molecule has 1 rings (SSSR count). The average molecular weight is 707 g/mol. The van der Waals surface area contributed by atoms with Crippen molar-refractivity contribution >= 4 is 39.0 Å². The van der Waals surface area contributed by atoms with Gasteiger partial charge in [-0.3, -0.25) is 4.79 Å². The SMILES string of the molecule is CC[Si](CC)(CC)O[C@@H]1[C@H](O[Si](CC)(CC)CC)[C@@H](OCC[Si](C)(C)C)O[C@H](COC(=O)C(C)(C)C)[C@H]1O[Si](CC)(CC)CC. The van der Waals surface area contributed by atoms with Crippen LogP contribution < -0.4 is 0 Å². The maximum absolute atomic E-state index is 13.1. The molecule has 0 bridgehead atoms. The van der Waals surface area contributed by atoms with Gasteiger partial charge in [0, 0.05) is 14.7 Å². The van der Waals surface area contributed by atoms with Crippen molar-refractivity contribution in [1.29, 1.82) is 0 Å². The first-order valence-electron chi connectivity index (χ1n) is 18.4. The number of carbonyl (C=O) groups excluding carboxylic acids is 1. The molecule has 0 aliphatic carbocycles. The van der Waals surface area contributed by atoms with Gasteiger partial charge in [0.25, 0.3) is 0 Å². The lowest BCUT2D eigenvalue weighted by atomic mass is 9.97. The van der Waals surface area contributed by atoms with Crippen molar-refractivity contribution in [2.24, 2.45) is 5.41 Å². The van der Waals surface area contributed by atoms with Gasteiger partial charge in [-0.1, -0.05) is 82.0 Å². The van der Waals surface area contributed by atoms with Gasteiger partial charge in [-0.05, 0) is 81.2 Å². The van der Waals surface area contributed by atoms with Gasteiger partial charge >= 0.3 is 5.97 Å². The lowest BCUT2D eigenvalue weighted by molar-refractivity contribution is -0.292. The summed E-state index contributed by atoms with van der Waals surface area (Å²) in [6, 6.07) is 10.2. The van der Waals surface area contributed by atoms with E-state index in [9.17, 15) is 4.79 Å². The number of ether oxygens (including phenoxy) is 3. The van der Waals surface area contributed by atoms with Gasteiger partial charge in [-0.25, -0.2) is 0 Å². The summed E-state index contributed by atoms with van der Waals surface area (Å²) < 4.78 is 42.0. The fourth-order valence-corrected chi connectivity index (χ4v) is 15.5. The van der Waals surface area contributed by atoms with Crippen molar-refractivity contribution < 1.29 is 32.3 Å². The number of hydrogen-bond donors (Lipinski definition) is 0. The Kier molecular flexibility index (Phi) is 18.0. The van der Waals surface area contributed by atoms with Crippen LogP contribution in [0.5, 0.6) is 0 Å². The van der Waals surface area contributed by atoms with Crippen LogP contribution in [0.2, 0.25) is 80.1 Å². The minimum atomic E-state index is -2.14. The van der Waals surface area contributed by atoms with E-state index in [0.717, 1.165) is 60.4 Å². The van der Waals surface area contributed by atoms with Gasteiger partial charge in [0.05, 0.1) is 5.41 Å². The molecule has 7 nitrogen and oxygen atoms in total. The zero-order valence-corrected chi connectivity index (χ0v) is 36.2. The van der Waals surface area contributed by atoms with Crippen LogP contribution in [0.4, 0.5) is 0 Å². The monoisotopic (exact) mass is 706 g/mol. The molecular formula is C34H74O7Si4. The Morgan fingerprint density at radius 3 is 1.36 bits per heavy atom. The van der Waals surface area contributed by atoms with Crippen molar-refractivity contribution in [3.05, 3.63) is 0 Å². The van der Waals surface area contributed by atoms with Gasteiger partial charge in [0.15, 0.2) is 31.2 Å². The fourth-order valence-electron chi connectivity index (χ4n) is 6.27. The molecule has 0 saturated carbocycles. The standard InChI is InChI=1S/C34H74O7Si4/c1-16-43(17-2,18-3)39-29-28(27-37-33(35)34(10,11)12)38-32(36-25-26-42(13,14)15)31(41-45(22-7,23-8)24-9)30(29)40-44(19-4,20-5)21-6/h28-32H,16-27H2,1-15H3/t28-,29-,30+,31+,32+/m1/s1. The maximum atomic E-state index is 13.1. The molecule has 0 amide bonds. The van der Waals surface area contributed by atoms with E-state index in [1.54, 1.807) is 0 Å². The molecule has 5 atom stereocenters. The molecule has 0 radical (unpaired) electrons. The van der Waals surface area contributed by atoms with Gasteiger partial charge in [-0.2, -0.15) is 0 Å². The van der Waals surface area contributed by atoms with E-state index in [-0.39, 0.29) is 18.7 Å². The topological polar surface area (TPSA) is 72.5 Å². The fraction of sp³-hybridized carbons (Fsp3) is 0.971. The molecule has 1 heterocycles. The zero-order chi connectivity index (χ0) is 34.7. The van der Waals surface area contributed by atoms with Crippen LogP contribution in [0.3, 0.4) is 0 Å². The first-order valence-corrected chi connectivity index (χ1v) is 29.7. The minimum Gasteiger partial charge on any atom is -0.462 e. The molecule has 0 unspecified atom stereocenters. The molecule has 1 aliphatic heterocycles. The van der Waals surface area contributed by atoms with E-state index in [0.29, 0.717) is 6.61 Å². The molecule has 45 heavy (non-hydrogen) atoms. The Morgan fingerprint density at radius 2 is 1.00 bits per heavy atom. The molecule has 268 valence electrons. The van der Waals surface area contributed by atoms with Crippen molar-refractivity contribution in [3.8, 4) is 0 Å². The summed E-state index contributed by atoms with van der Waals surface area (Å²) >= 11 is 0. The predicted octanol–water partition coefficient (Wildman–Crippen LogP) is 9.83. The Bertz CT molecular complexity index is 824. The maximum Gasteiger partial charge on any atom is 0.311 e. The summed E-state index contributed by atoms with van der Waals surface area (Å²) in [7, 11) is -7.74. The van der Waals surface area contributed by atoms with Gasteiger partial charge < -0.3 is 27.5 Å². The van der Waals surface area contributed by atoms with E-state index >= 15 is 0 Å².